The summed E-state index contributed by atoms with van der Waals surface area (Å²) in [4.78, 5) is 34.7. The lowest BCUT2D eigenvalue weighted by Gasteiger charge is -2.18. The van der Waals surface area contributed by atoms with E-state index in [2.05, 4.69) is 17.6 Å². The van der Waals surface area contributed by atoms with Crippen LogP contribution in [0, 0.1) is 5.92 Å². The number of nitrogens with one attached hydrogen (secondary N) is 2. The van der Waals surface area contributed by atoms with Crippen LogP contribution in [0.4, 0.5) is 0 Å². The van der Waals surface area contributed by atoms with Crippen molar-refractivity contribution in [1.82, 2.24) is 10.6 Å². The number of allylic oxidation sites excluding steroid dienone is 6. The van der Waals surface area contributed by atoms with Crippen LogP contribution in [-0.4, -0.2) is 58.4 Å². The van der Waals surface area contributed by atoms with Gasteiger partial charge in [0, 0.05) is 25.6 Å². The van der Waals surface area contributed by atoms with Crippen molar-refractivity contribution in [3.8, 4) is 0 Å². The van der Waals surface area contributed by atoms with Crippen molar-refractivity contribution >= 4 is 17.8 Å². The molecule has 0 saturated heterocycles. The standard InChI is InChI=1S/C31H50N2O6/c1-4-5-6-7-8-11-14-17-27(34)21-19-25(2)20-22-29(36)33-24-28(35)26(3)31(39)32-23-16-13-10-9-12-15-18-30(37)38/h9-10,12-13,15,18-21,26-28,34-35H,4-8,11,14,16-17,22-24H2,1-3H3,(H,32,39)(H,33,36)(H,37,38)/b12-9+,13-10+,18-15+,21-19+,25-20+/t26-,27-,28-/m0/s1. The summed E-state index contributed by atoms with van der Waals surface area (Å²) >= 11 is 0. The van der Waals surface area contributed by atoms with E-state index in [-0.39, 0.29) is 24.8 Å². The molecule has 3 atom stereocenters. The molecule has 0 unspecified atom stereocenters. The highest BCUT2D eigenvalue weighted by Gasteiger charge is 2.21. The van der Waals surface area contributed by atoms with Crippen molar-refractivity contribution < 1.29 is 29.7 Å². The minimum Gasteiger partial charge on any atom is -0.478 e. The topological polar surface area (TPSA) is 136 Å². The van der Waals surface area contributed by atoms with Gasteiger partial charge in [-0.15, -0.1) is 0 Å². The molecule has 39 heavy (non-hydrogen) atoms. The molecule has 0 aliphatic rings. The van der Waals surface area contributed by atoms with Crippen LogP contribution >= 0.6 is 0 Å². The number of carboxylic acids is 1. The van der Waals surface area contributed by atoms with Gasteiger partial charge in [-0.2, -0.15) is 0 Å². The van der Waals surface area contributed by atoms with E-state index < -0.39 is 24.1 Å². The molecule has 0 aromatic rings. The second-order valence-corrected chi connectivity index (χ2v) is 9.74. The summed E-state index contributed by atoms with van der Waals surface area (Å²) in [6.07, 6.45) is 23.1. The number of hydrogen-bond acceptors (Lipinski definition) is 5. The molecule has 0 aliphatic heterocycles. The van der Waals surface area contributed by atoms with E-state index in [4.69, 9.17) is 5.11 Å². The van der Waals surface area contributed by atoms with Crippen LogP contribution in [0.15, 0.2) is 60.3 Å². The lowest BCUT2D eigenvalue weighted by Crippen LogP contribution is -2.42. The summed E-state index contributed by atoms with van der Waals surface area (Å²) in [6.45, 7) is 6.05. The molecule has 220 valence electrons. The predicted octanol–water partition coefficient (Wildman–Crippen LogP) is 4.75. The SMILES string of the molecule is CCCCCCCCC[C@H](O)/C=C/C(C)=C/CC(=O)NC[C@H](O)[C@H](C)C(=O)NCC/C=C/C=C/C=C/C(=O)O. The fraction of sp³-hybridized carbons (Fsp3) is 0.581. The van der Waals surface area contributed by atoms with E-state index in [0.717, 1.165) is 30.9 Å². The second kappa shape index (κ2) is 24.1. The maximum atomic E-state index is 12.2. The third-order valence-electron chi connectivity index (χ3n) is 6.11. The Kier molecular flexibility index (Phi) is 22.3. The quantitative estimate of drug-likeness (QED) is 0.0755. The van der Waals surface area contributed by atoms with Gasteiger partial charge in [0.05, 0.1) is 18.1 Å². The largest absolute Gasteiger partial charge is 0.478 e. The van der Waals surface area contributed by atoms with Gasteiger partial charge in [-0.05, 0) is 19.8 Å². The molecule has 0 radical (unpaired) electrons. The van der Waals surface area contributed by atoms with E-state index in [1.165, 1.54) is 38.2 Å². The maximum Gasteiger partial charge on any atom is 0.328 e. The molecule has 0 aliphatic carbocycles. The molecule has 0 aromatic carbocycles. The number of carbonyl (C=O) groups excluding carboxylic acids is 2. The molecule has 0 fully saturated rings. The molecular formula is C31H50N2O6. The number of rotatable bonds is 22. The van der Waals surface area contributed by atoms with Gasteiger partial charge in [-0.1, -0.05) is 113 Å². The summed E-state index contributed by atoms with van der Waals surface area (Å²) in [7, 11) is 0. The molecule has 0 rings (SSSR count). The monoisotopic (exact) mass is 546 g/mol. The molecule has 8 heteroatoms. The first kappa shape index (κ1) is 36.0. The van der Waals surface area contributed by atoms with Gasteiger partial charge in [-0.25, -0.2) is 4.79 Å². The van der Waals surface area contributed by atoms with E-state index >= 15 is 0 Å². The van der Waals surface area contributed by atoms with Gasteiger partial charge in [0.25, 0.3) is 0 Å². The highest BCUT2D eigenvalue weighted by Crippen LogP contribution is 2.11. The van der Waals surface area contributed by atoms with Crippen LogP contribution in [0.1, 0.15) is 85.0 Å². The number of unbranched alkanes of at least 4 members (excludes halogenated alkanes) is 6. The van der Waals surface area contributed by atoms with Crippen LogP contribution in [0.5, 0.6) is 0 Å². The van der Waals surface area contributed by atoms with Crippen molar-refractivity contribution in [3.63, 3.8) is 0 Å². The number of carboxylic acid groups (broad SMARTS) is 1. The summed E-state index contributed by atoms with van der Waals surface area (Å²) in [5.74, 6) is -2.26. The normalized spacial score (nSPS) is 14.8. The summed E-state index contributed by atoms with van der Waals surface area (Å²) in [5.41, 5.74) is 0.873. The van der Waals surface area contributed by atoms with Gasteiger partial charge in [0.1, 0.15) is 0 Å². The fourth-order valence-corrected chi connectivity index (χ4v) is 3.51. The Morgan fingerprint density at radius 2 is 1.54 bits per heavy atom. The molecule has 0 spiro atoms. The Balaban J connectivity index is 4.14. The maximum absolute atomic E-state index is 12.2. The van der Waals surface area contributed by atoms with Gasteiger partial charge in [-0.3, -0.25) is 9.59 Å². The number of aliphatic hydroxyl groups excluding tert-OH is 2. The predicted molar refractivity (Wildman–Crippen MR) is 157 cm³/mol. The minimum absolute atomic E-state index is 0.0259. The number of hydrogen-bond donors (Lipinski definition) is 5. The third-order valence-corrected chi connectivity index (χ3v) is 6.11. The Morgan fingerprint density at radius 1 is 0.872 bits per heavy atom. The van der Waals surface area contributed by atoms with Crippen molar-refractivity contribution in [3.05, 3.63) is 60.3 Å². The lowest BCUT2D eigenvalue weighted by atomic mass is 10.0. The molecule has 8 nitrogen and oxygen atoms in total. The van der Waals surface area contributed by atoms with Crippen LogP contribution in [-0.2, 0) is 14.4 Å². The van der Waals surface area contributed by atoms with E-state index in [9.17, 15) is 24.6 Å². The zero-order chi connectivity index (χ0) is 29.3. The van der Waals surface area contributed by atoms with Gasteiger partial charge >= 0.3 is 5.97 Å². The Morgan fingerprint density at radius 3 is 2.23 bits per heavy atom. The van der Waals surface area contributed by atoms with Gasteiger partial charge in [0.15, 0.2) is 0 Å². The molecule has 5 N–H and O–H groups in total. The minimum atomic E-state index is -1.01. The van der Waals surface area contributed by atoms with Crippen LogP contribution in [0.25, 0.3) is 0 Å². The molecule has 2 amide bonds. The highest BCUT2D eigenvalue weighted by atomic mass is 16.4. The highest BCUT2D eigenvalue weighted by molar-refractivity contribution is 5.80. The number of amides is 2. The Hall–Kier alpha value is -2.97. The average Bonchev–Trinajstić information content (AvgIpc) is 2.91. The molecule has 0 bridgehead atoms. The second-order valence-electron chi connectivity index (χ2n) is 9.74. The first-order valence-corrected chi connectivity index (χ1v) is 14.2. The smallest absolute Gasteiger partial charge is 0.328 e. The van der Waals surface area contributed by atoms with E-state index in [0.29, 0.717) is 13.0 Å². The van der Waals surface area contributed by atoms with Crippen LogP contribution in [0.3, 0.4) is 0 Å². The number of aliphatic carboxylic acids is 1. The lowest BCUT2D eigenvalue weighted by molar-refractivity contribution is -0.131. The summed E-state index contributed by atoms with van der Waals surface area (Å²) in [6, 6.07) is 0. The fourth-order valence-electron chi connectivity index (χ4n) is 3.51. The zero-order valence-electron chi connectivity index (χ0n) is 24.0. The van der Waals surface area contributed by atoms with Crippen molar-refractivity contribution in [2.45, 2.75) is 97.2 Å². The summed E-state index contributed by atoms with van der Waals surface area (Å²) < 4.78 is 0. The van der Waals surface area contributed by atoms with Gasteiger partial charge < -0.3 is 26.0 Å². The number of aliphatic hydroxyl groups is 2. The third kappa shape index (κ3) is 22.7. The average molecular weight is 547 g/mol. The molecule has 0 heterocycles. The van der Waals surface area contributed by atoms with Crippen molar-refractivity contribution in [2.75, 3.05) is 13.1 Å². The van der Waals surface area contributed by atoms with Crippen LogP contribution in [0.2, 0.25) is 0 Å². The molecule has 0 aromatic heterocycles. The Bertz CT molecular complexity index is 844. The van der Waals surface area contributed by atoms with Crippen molar-refractivity contribution in [1.29, 1.82) is 0 Å². The molecule has 0 saturated carbocycles. The van der Waals surface area contributed by atoms with E-state index in [1.807, 2.05) is 19.1 Å². The zero-order valence-corrected chi connectivity index (χ0v) is 24.0. The van der Waals surface area contributed by atoms with E-state index in [1.54, 1.807) is 37.3 Å². The Labute approximate surface area is 234 Å². The molecular weight excluding hydrogens is 496 g/mol. The van der Waals surface area contributed by atoms with Gasteiger partial charge in [0.2, 0.25) is 11.8 Å². The van der Waals surface area contributed by atoms with Crippen molar-refractivity contribution in [2.24, 2.45) is 5.92 Å². The first-order chi connectivity index (χ1) is 18.7. The first-order valence-electron chi connectivity index (χ1n) is 14.2. The van der Waals surface area contributed by atoms with Crippen LogP contribution < -0.4 is 10.6 Å². The number of carbonyl (C=O) groups is 3. The summed E-state index contributed by atoms with van der Waals surface area (Å²) in [5, 5.41) is 34.2.